The number of hydrogen-bond donors (Lipinski definition) is 1. The first-order chi connectivity index (χ1) is 9.66. The molecule has 0 aliphatic carbocycles. The van der Waals surface area contributed by atoms with Crippen molar-refractivity contribution in [1.29, 1.82) is 0 Å². The topological polar surface area (TPSA) is 50.2 Å². The third-order valence-corrected chi connectivity index (χ3v) is 3.58. The number of aromatic nitrogens is 2. The molecule has 0 unspecified atom stereocenters. The highest BCUT2D eigenvalue weighted by Crippen LogP contribution is 2.23. The normalized spacial score (nSPS) is 14.8. The molecule has 1 N–H and O–H groups in total. The number of carbonyl (C=O) groups excluding carboxylic acids is 1. The van der Waals surface area contributed by atoms with Crippen LogP contribution in [0.25, 0.3) is 0 Å². The highest BCUT2D eigenvalue weighted by molar-refractivity contribution is 6.05. The summed E-state index contributed by atoms with van der Waals surface area (Å²) in [6.07, 6.45) is 0. The number of hydrogen-bond acceptors (Lipinski definition) is 3. The van der Waals surface area contributed by atoms with Gasteiger partial charge in [-0.05, 0) is 24.6 Å². The highest BCUT2D eigenvalue weighted by Gasteiger charge is 2.24. The molecule has 3 rings (SSSR count). The molecule has 0 saturated heterocycles. The molecule has 0 fully saturated rings. The summed E-state index contributed by atoms with van der Waals surface area (Å²) in [6.45, 7) is 4.15. The standard InChI is InChI=1S/C15H18N4O/c1-11-9-14(18(2)17-11)15(20)19-8-7-16-10-12-5-3-4-6-13(12)19/h3-6,9,16H,7-8,10H2,1-2H3. The van der Waals surface area contributed by atoms with Crippen molar-refractivity contribution in [2.24, 2.45) is 7.05 Å². The number of nitrogens with one attached hydrogen (secondary N) is 1. The van der Waals surface area contributed by atoms with E-state index in [0.29, 0.717) is 12.2 Å². The molecule has 5 nitrogen and oxygen atoms in total. The Hall–Kier alpha value is -2.14. The zero-order chi connectivity index (χ0) is 14.1. The van der Waals surface area contributed by atoms with E-state index >= 15 is 0 Å². The second kappa shape index (κ2) is 5.09. The molecular formula is C15H18N4O. The Morgan fingerprint density at radius 1 is 1.35 bits per heavy atom. The summed E-state index contributed by atoms with van der Waals surface area (Å²) in [5.74, 6) is 0.00394. The fourth-order valence-electron chi connectivity index (χ4n) is 2.62. The van der Waals surface area contributed by atoms with E-state index in [0.717, 1.165) is 30.0 Å². The van der Waals surface area contributed by atoms with Crippen LogP contribution in [0.5, 0.6) is 0 Å². The first-order valence-electron chi connectivity index (χ1n) is 6.78. The van der Waals surface area contributed by atoms with Crippen LogP contribution in [0, 0.1) is 6.92 Å². The van der Waals surface area contributed by atoms with Gasteiger partial charge in [0.25, 0.3) is 5.91 Å². The molecule has 2 aromatic rings. The summed E-state index contributed by atoms with van der Waals surface area (Å²) in [6, 6.07) is 9.87. The summed E-state index contributed by atoms with van der Waals surface area (Å²) in [4.78, 5) is 14.6. The first kappa shape index (κ1) is 12.9. The SMILES string of the molecule is Cc1cc(C(=O)N2CCNCc3ccccc32)n(C)n1. The molecule has 1 amide bonds. The monoisotopic (exact) mass is 270 g/mol. The fraction of sp³-hybridized carbons (Fsp3) is 0.333. The van der Waals surface area contributed by atoms with E-state index in [1.165, 1.54) is 0 Å². The van der Waals surface area contributed by atoms with Gasteiger partial charge in [0.2, 0.25) is 0 Å². The molecule has 1 aliphatic rings. The minimum Gasteiger partial charge on any atom is -0.311 e. The van der Waals surface area contributed by atoms with Crippen LogP contribution >= 0.6 is 0 Å². The second-order valence-corrected chi connectivity index (χ2v) is 5.06. The molecule has 0 bridgehead atoms. The van der Waals surface area contributed by atoms with Crippen molar-refractivity contribution in [1.82, 2.24) is 15.1 Å². The van der Waals surface area contributed by atoms with Crippen LogP contribution < -0.4 is 10.2 Å². The Labute approximate surface area is 118 Å². The van der Waals surface area contributed by atoms with Gasteiger partial charge in [0, 0.05) is 32.4 Å². The van der Waals surface area contributed by atoms with Crippen molar-refractivity contribution in [2.75, 3.05) is 18.0 Å². The van der Waals surface area contributed by atoms with Crippen LogP contribution in [0.15, 0.2) is 30.3 Å². The van der Waals surface area contributed by atoms with E-state index in [4.69, 9.17) is 0 Å². The second-order valence-electron chi connectivity index (χ2n) is 5.06. The molecule has 0 radical (unpaired) electrons. The number of para-hydroxylation sites is 1. The zero-order valence-electron chi connectivity index (χ0n) is 11.8. The molecule has 2 heterocycles. The van der Waals surface area contributed by atoms with E-state index in [1.807, 2.05) is 43.1 Å². The van der Waals surface area contributed by atoms with Gasteiger partial charge in [-0.1, -0.05) is 18.2 Å². The summed E-state index contributed by atoms with van der Waals surface area (Å²) in [5.41, 5.74) is 3.62. The Morgan fingerprint density at radius 3 is 2.90 bits per heavy atom. The van der Waals surface area contributed by atoms with E-state index in [2.05, 4.69) is 16.5 Å². The smallest absolute Gasteiger partial charge is 0.276 e. The lowest BCUT2D eigenvalue weighted by Gasteiger charge is -2.22. The quantitative estimate of drug-likeness (QED) is 0.854. The maximum absolute atomic E-state index is 12.8. The third-order valence-electron chi connectivity index (χ3n) is 3.58. The molecule has 0 spiro atoms. The summed E-state index contributed by atoms with van der Waals surface area (Å²) < 4.78 is 1.65. The fourth-order valence-corrected chi connectivity index (χ4v) is 2.62. The van der Waals surface area contributed by atoms with Crippen molar-refractivity contribution < 1.29 is 4.79 Å². The van der Waals surface area contributed by atoms with E-state index in [-0.39, 0.29) is 5.91 Å². The van der Waals surface area contributed by atoms with Gasteiger partial charge < -0.3 is 10.2 Å². The van der Waals surface area contributed by atoms with Crippen molar-refractivity contribution in [3.05, 3.63) is 47.3 Å². The van der Waals surface area contributed by atoms with Gasteiger partial charge in [-0.2, -0.15) is 5.10 Å². The molecule has 1 aromatic carbocycles. The summed E-state index contributed by atoms with van der Waals surface area (Å²) >= 11 is 0. The lowest BCUT2D eigenvalue weighted by molar-refractivity contribution is 0.0978. The number of rotatable bonds is 1. The van der Waals surface area contributed by atoms with Crippen LogP contribution in [0.3, 0.4) is 0 Å². The maximum Gasteiger partial charge on any atom is 0.276 e. The van der Waals surface area contributed by atoms with Crippen LogP contribution in [-0.4, -0.2) is 28.8 Å². The molecule has 0 atom stereocenters. The van der Waals surface area contributed by atoms with Gasteiger partial charge in [-0.3, -0.25) is 9.48 Å². The maximum atomic E-state index is 12.8. The van der Waals surface area contributed by atoms with E-state index in [1.54, 1.807) is 4.68 Å². The molecule has 5 heteroatoms. The molecule has 20 heavy (non-hydrogen) atoms. The number of amides is 1. The van der Waals surface area contributed by atoms with Gasteiger partial charge in [0.1, 0.15) is 5.69 Å². The van der Waals surface area contributed by atoms with Gasteiger partial charge in [0.15, 0.2) is 0 Å². The van der Waals surface area contributed by atoms with Crippen molar-refractivity contribution in [3.63, 3.8) is 0 Å². The first-order valence-corrected chi connectivity index (χ1v) is 6.78. The minimum atomic E-state index is 0.00394. The van der Waals surface area contributed by atoms with Gasteiger partial charge in [-0.25, -0.2) is 0 Å². The Bertz CT molecular complexity index is 647. The van der Waals surface area contributed by atoms with Gasteiger partial charge in [0.05, 0.1) is 5.69 Å². The zero-order valence-corrected chi connectivity index (χ0v) is 11.8. The molecule has 104 valence electrons. The predicted molar refractivity (Wildman–Crippen MR) is 77.8 cm³/mol. The largest absolute Gasteiger partial charge is 0.311 e. The molecule has 0 saturated carbocycles. The Kier molecular flexibility index (Phi) is 3.28. The lowest BCUT2D eigenvalue weighted by atomic mass is 10.1. The lowest BCUT2D eigenvalue weighted by Crippen LogP contribution is -2.35. The Balaban J connectivity index is 2.01. The van der Waals surface area contributed by atoms with Crippen LogP contribution in [0.1, 0.15) is 21.7 Å². The average molecular weight is 270 g/mol. The third kappa shape index (κ3) is 2.20. The number of carbonyl (C=O) groups is 1. The van der Waals surface area contributed by atoms with Crippen molar-refractivity contribution in [3.8, 4) is 0 Å². The van der Waals surface area contributed by atoms with Crippen LogP contribution in [0.2, 0.25) is 0 Å². The van der Waals surface area contributed by atoms with Crippen molar-refractivity contribution in [2.45, 2.75) is 13.5 Å². The predicted octanol–water partition coefficient (Wildman–Crippen LogP) is 1.48. The molecule has 1 aliphatic heterocycles. The molecule has 1 aromatic heterocycles. The van der Waals surface area contributed by atoms with Crippen LogP contribution in [-0.2, 0) is 13.6 Å². The summed E-state index contributed by atoms with van der Waals surface area (Å²) in [5, 5.41) is 7.60. The molecular weight excluding hydrogens is 252 g/mol. The number of nitrogens with zero attached hydrogens (tertiary/aromatic N) is 3. The average Bonchev–Trinajstić information content (AvgIpc) is 2.66. The number of fused-ring (bicyclic) bond motifs is 1. The highest BCUT2D eigenvalue weighted by atomic mass is 16.2. The number of anilines is 1. The number of aryl methyl sites for hydroxylation is 2. The van der Waals surface area contributed by atoms with Gasteiger partial charge in [-0.15, -0.1) is 0 Å². The van der Waals surface area contributed by atoms with Crippen LogP contribution in [0.4, 0.5) is 5.69 Å². The van der Waals surface area contributed by atoms with E-state index < -0.39 is 0 Å². The summed E-state index contributed by atoms with van der Waals surface area (Å²) in [7, 11) is 1.81. The van der Waals surface area contributed by atoms with Gasteiger partial charge >= 0.3 is 0 Å². The van der Waals surface area contributed by atoms with E-state index in [9.17, 15) is 4.79 Å². The number of benzene rings is 1. The Morgan fingerprint density at radius 2 is 2.15 bits per heavy atom. The van der Waals surface area contributed by atoms with Crippen molar-refractivity contribution >= 4 is 11.6 Å². The minimum absolute atomic E-state index is 0.00394.